The molecule has 0 aliphatic rings. The lowest BCUT2D eigenvalue weighted by atomic mass is 10.3. The molecule has 1 amide bonds. The highest BCUT2D eigenvalue weighted by atomic mass is 16.1. The van der Waals surface area contributed by atoms with Gasteiger partial charge in [-0.25, -0.2) is 9.97 Å². The van der Waals surface area contributed by atoms with E-state index in [9.17, 15) is 4.79 Å². The maximum Gasteiger partial charge on any atom is 0.270 e. The zero-order chi connectivity index (χ0) is 15.7. The van der Waals surface area contributed by atoms with E-state index in [1.807, 2.05) is 33.1 Å². The summed E-state index contributed by atoms with van der Waals surface area (Å²) in [5, 5.41) is 5.97. The molecule has 0 radical (unpaired) electrons. The summed E-state index contributed by atoms with van der Waals surface area (Å²) in [4.78, 5) is 24.4. The summed E-state index contributed by atoms with van der Waals surface area (Å²) >= 11 is 0. The van der Waals surface area contributed by atoms with Crippen LogP contribution in [-0.4, -0.2) is 80.0 Å². The van der Waals surface area contributed by atoms with E-state index in [1.165, 1.54) is 0 Å². The molecule has 7 heteroatoms. The molecule has 0 fully saturated rings. The Morgan fingerprint density at radius 1 is 1.14 bits per heavy atom. The fraction of sp³-hybridized carbons (Fsp3) is 0.643. The molecule has 0 spiro atoms. The van der Waals surface area contributed by atoms with E-state index < -0.39 is 0 Å². The Kier molecular flexibility index (Phi) is 7.63. The van der Waals surface area contributed by atoms with Crippen molar-refractivity contribution >= 4 is 11.9 Å². The van der Waals surface area contributed by atoms with Crippen molar-refractivity contribution in [1.29, 1.82) is 0 Å². The number of nitrogens with one attached hydrogen (secondary N) is 2. The number of nitrogens with zero attached hydrogens (tertiary/aromatic N) is 4. The lowest BCUT2D eigenvalue weighted by molar-refractivity contribution is 0.0946. The van der Waals surface area contributed by atoms with Crippen molar-refractivity contribution in [3.8, 4) is 0 Å². The minimum absolute atomic E-state index is 0.171. The van der Waals surface area contributed by atoms with E-state index in [2.05, 4.69) is 25.5 Å². The normalized spacial score (nSPS) is 11.0. The number of hydrogen-bond donors (Lipinski definition) is 2. The van der Waals surface area contributed by atoms with Crippen LogP contribution in [0.1, 0.15) is 16.9 Å². The van der Waals surface area contributed by atoms with Crippen LogP contribution in [0.3, 0.4) is 0 Å². The van der Waals surface area contributed by atoms with E-state index in [4.69, 9.17) is 0 Å². The van der Waals surface area contributed by atoms with Crippen LogP contribution in [0, 0.1) is 0 Å². The molecule has 1 rings (SSSR count). The highest BCUT2D eigenvalue weighted by Gasteiger charge is 2.08. The van der Waals surface area contributed by atoms with Crippen LogP contribution in [-0.2, 0) is 0 Å². The van der Waals surface area contributed by atoms with Crippen LogP contribution < -0.4 is 10.6 Å². The number of likely N-dealkylation sites (N-methyl/N-ethyl adjacent to an activating group) is 1. The van der Waals surface area contributed by atoms with Crippen LogP contribution in [0.25, 0.3) is 0 Å². The Balaban J connectivity index is 2.42. The van der Waals surface area contributed by atoms with Crippen LogP contribution in [0.2, 0.25) is 0 Å². The fourth-order valence-corrected chi connectivity index (χ4v) is 1.65. The molecule has 0 atom stereocenters. The zero-order valence-electron chi connectivity index (χ0n) is 13.4. The number of carbonyl (C=O) groups excluding carboxylic acids is 1. The molecule has 1 aromatic rings. The lowest BCUT2D eigenvalue weighted by Gasteiger charge is -2.11. The van der Waals surface area contributed by atoms with E-state index in [0.29, 0.717) is 18.2 Å². The SMILES string of the molecule is CN(C)CCCNc1nccc(C(=O)NCCN(C)C)n1. The predicted molar refractivity (Wildman–Crippen MR) is 84.6 cm³/mol. The van der Waals surface area contributed by atoms with Crippen LogP contribution in [0.15, 0.2) is 12.3 Å². The summed E-state index contributed by atoms with van der Waals surface area (Å²) in [7, 11) is 8.00. The van der Waals surface area contributed by atoms with Gasteiger partial charge in [0, 0.05) is 25.8 Å². The largest absolute Gasteiger partial charge is 0.354 e. The molecule has 1 heterocycles. The summed E-state index contributed by atoms with van der Waals surface area (Å²) in [5.74, 6) is 0.324. The second-order valence-corrected chi connectivity index (χ2v) is 5.41. The van der Waals surface area contributed by atoms with E-state index in [0.717, 1.165) is 26.1 Å². The number of carbonyl (C=O) groups is 1. The molecule has 0 aliphatic carbocycles. The van der Waals surface area contributed by atoms with Gasteiger partial charge in [-0.15, -0.1) is 0 Å². The van der Waals surface area contributed by atoms with Crippen molar-refractivity contribution in [3.05, 3.63) is 18.0 Å². The fourth-order valence-electron chi connectivity index (χ4n) is 1.65. The maximum atomic E-state index is 11.9. The molecular weight excluding hydrogens is 268 g/mol. The first kappa shape index (κ1) is 17.3. The molecule has 0 bridgehead atoms. The van der Waals surface area contributed by atoms with Gasteiger partial charge in [-0.3, -0.25) is 4.79 Å². The standard InChI is InChI=1S/C14H26N6O/c1-19(2)10-5-7-16-14-17-8-6-12(18-14)13(21)15-9-11-20(3)4/h6,8H,5,7,9-11H2,1-4H3,(H,15,21)(H,16,17,18). The molecule has 0 saturated carbocycles. The van der Waals surface area contributed by atoms with Crippen LogP contribution in [0.5, 0.6) is 0 Å². The molecule has 0 aliphatic heterocycles. The first-order valence-electron chi connectivity index (χ1n) is 7.13. The maximum absolute atomic E-state index is 11.9. The van der Waals surface area contributed by atoms with Gasteiger partial charge < -0.3 is 20.4 Å². The second-order valence-electron chi connectivity index (χ2n) is 5.41. The summed E-state index contributed by atoms with van der Waals surface area (Å²) in [5.41, 5.74) is 0.388. The Labute approximate surface area is 126 Å². The van der Waals surface area contributed by atoms with Crippen molar-refractivity contribution in [3.63, 3.8) is 0 Å². The number of hydrogen-bond acceptors (Lipinski definition) is 6. The van der Waals surface area contributed by atoms with Crippen molar-refractivity contribution in [2.24, 2.45) is 0 Å². The van der Waals surface area contributed by atoms with Gasteiger partial charge in [0.2, 0.25) is 5.95 Å². The van der Waals surface area contributed by atoms with Crippen LogP contribution in [0.4, 0.5) is 5.95 Å². The van der Waals surface area contributed by atoms with E-state index in [1.54, 1.807) is 12.3 Å². The van der Waals surface area contributed by atoms with Crippen molar-refractivity contribution in [2.45, 2.75) is 6.42 Å². The third-order valence-electron chi connectivity index (χ3n) is 2.80. The monoisotopic (exact) mass is 294 g/mol. The molecule has 0 saturated heterocycles. The lowest BCUT2D eigenvalue weighted by Crippen LogP contribution is -2.32. The smallest absolute Gasteiger partial charge is 0.270 e. The van der Waals surface area contributed by atoms with Gasteiger partial charge in [0.05, 0.1) is 0 Å². The molecule has 2 N–H and O–H groups in total. The van der Waals surface area contributed by atoms with E-state index >= 15 is 0 Å². The zero-order valence-corrected chi connectivity index (χ0v) is 13.4. The number of rotatable bonds is 9. The minimum atomic E-state index is -0.171. The molecule has 0 aromatic carbocycles. The Hall–Kier alpha value is -1.73. The predicted octanol–water partition coefficient (Wildman–Crippen LogP) is 0.132. The molecule has 1 aromatic heterocycles. The first-order valence-corrected chi connectivity index (χ1v) is 7.13. The molecule has 118 valence electrons. The van der Waals surface area contributed by atoms with Gasteiger partial charge >= 0.3 is 0 Å². The quantitative estimate of drug-likeness (QED) is 0.631. The Bertz CT molecular complexity index is 435. The van der Waals surface area contributed by atoms with Gasteiger partial charge in [-0.2, -0.15) is 0 Å². The van der Waals surface area contributed by atoms with Gasteiger partial charge in [0.15, 0.2) is 0 Å². The molecule has 7 nitrogen and oxygen atoms in total. The van der Waals surface area contributed by atoms with Crippen LogP contribution >= 0.6 is 0 Å². The highest BCUT2D eigenvalue weighted by molar-refractivity contribution is 5.92. The number of anilines is 1. The summed E-state index contributed by atoms with van der Waals surface area (Å²) in [6.07, 6.45) is 2.59. The van der Waals surface area contributed by atoms with Gasteiger partial charge in [0.1, 0.15) is 5.69 Å². The van der Waals surface area contributed by atoms with Crippen molar-refractivity contribution in [1.82, 2.24) is 25.1 Å². The second kappa shape index (κ2) is 9.25. The average Bonchev–Trinajstić information content (AvgIpc) is 2.43. The Morgan fingerprint density at radius 3 is 2.52 bits per heavy atom. The van der Waals surface area contributed by atoms with Crippen molar-refractivity contribution < 1.29 is 4.79 Å². The van der Waals surface area contributed by atoms with Gasteiger partial charge in [0.25, 0.3) is 5.91 Å². The summed E-state index contributed by atoms with van der Waals surface area (Å²) in [6, 6.07) is 1.62. The molecular formula is C14H26N6O. The average molecular weight is 294 g/mol. The minimum Gasteiger partial charge on any atom is -0.354 e. The number of aromatic nitrogens is 2. The number of amides is 1. The topological polar surface area (TPSA) is 73.4 Å². The van der Waals surface area contributed by atoms with Gasteiger partial charge in [-0.1, -0.05) is 0 Å². The van der Waals surface area contributed by atoms with Crippen molar-refractivity contribution in [2.75, 3.05) is 59.7 Å². The van der Waals surface area contributed by atoms with E-state index in [-0.39, 0.29) is 5.91 Å². The third kappa shape index (κ3) is 7.57. The molecule has 0 unspecified atom stereocenters. The Morgan fingerprint density at radius 2 is 1.86 bits per heavy atom. The highest BCUT2D eigenvalue weighted by Crippen LogP contribution is 2.00. The first-order chi connectivity index (χ1) is 9.99. The van der Waals surface area contributed by atoms with Gasteiger partial charge in [-0.05, 0) is 47.2 Å². The third-order valence-corrected chi connectivity index (χ3v) is 2.80. The summed E-state index contributed by atoms with van der Waals surface area (Å²) < 4.78 is 0. The molecule has 21 heavy (non-hydrogen) atoms. The summed E-state index contributed by atoms with van der Waals surface area (Å²) in [6.45, 7) is 3.18.